The van der Waals surface area contributed by atoms with Gasteiger partial charge in [0.15, 0.2) is 16.6 Å². The van der Waals surface area contributed by atoms with Crippen molar-refractivity contribution >= 4 is 40.1 Å². The highest BCUT2D eigenvalue weighted by molar-refractivity contribution is 6.74. The molecule has 15 nitrogen and oxygen atoms in total. The van der Waals surface area contributed by atoms with E-state index in [2.05, 4.69) is 67.6 Å². The third-order valence-electron chi connectivity index (χ3n) is 18.4. The Hall–Kier alpha value is -2.17. The first-order chi connectivity index (χ1) is 34.6. The van der Waals surface area contributed by atoms with Crippen molar-refractivity contribution in [2.45, 2.75) is 251 Å². The number of hydrogen-bond donors (Lipinski definition) is 3. The minimum atomic E-state index is -2.64. The van der Waals surface area contributed by atoms with Gasteiger partial charge in [0, 0.05) is 57.5 Å². The molecule has 4 rings (SSSR count). The molecule has 15 atom stereocenters. The Morgan fingerprint density at radius 1 is 0.878 bits per heavy atom. The van der Waals surface area contributed by atoms with Crippen LogP contribution in [0.25, 0.3) is 0 Å². The van der Waals surface area contributed by atoms with Gasteiger partial charge in [0.25, 0.3) is 11.7 Å². The van der Waals surface area contributed by atoms with Crippen LogP contribution in [-0.4, -0.2) is 155 Å². The molecule has 0 spiro atoms. The Labute approximate surface area is 447 Å². The molecule has 74 heavy (non-hydrogen) atoms. The predicted octanol–water partition coefficient (Wildman–Crippen LogP) is 9.26. The van der Waals surface area contributed by atoms with E-state index in [-0.39, 0.29) is 48.7 Å². The van der Waals surface area contributed by atoms with Gasteiger partial charge in [-0.2, -0.15) is 0 Å². The van der Waals surface area contributed by atoms with Gasteiger partial charge in [-0.05, 0) is 126 Å². The number of allylic oxidation sites excluding steroid dienone is 2. The first-order valence-corrected chi connectivity index (χ1v) is 33.6. The van der Waals surface area contributed by atoms with Crippen molar-refractivity contribution in [2.75, 3.05) is 34.5 Å². The number of piperidine rings is 1. The second-order valence-corrected chi connectivity index (χ2v) is 33.9. The number of esters is 1. The van der Waals surface area contributed by atoms with E-state index in [1.807, 2.05) is 33.8 Å². The standard InChI is InChI=1S/C57H101NO14Si2/c1-18-41-29-36(5)28-37(6)30-46(66-13)51-47(67-14)31-39(8)57(65,70-51)52(62)53(63)58-27-23-22-24-42(58)54(64)69-50(40(9)45(32-43(41)60)71-73(16,17)55(10,11)12)38(7)33-56(49(61)35-59)26-25-44(48(34-56)68-15)72-74(19-2,20-3)21-4/h29,33,37,39-42,44-51,59,61,65H,18-28,30-32,34-35H2,1-17H3/b36-29+,38-33?/t37?,39?,40?,41?,42?,44-,45?,46?,47?,48?,49?,50?,51?,56?,57?/m1/s1. The molecule has 426 valence electrons. The number of carbonyl (C=O) groups is 4. The summed E-state index contributed by atoms with van der Waals surface area (Å²) in [5.41, 5.74) is 0.560. The number of amides is 1. The molecule has 1 saturated carbocycles. The number of cyclic esters (lactones) is 1. The second-order valence-electron chi connectivity index (χ2n) is 24.4. The van der Waals surface area contributed by atoms with E-state index in [4.69, 9.17) is 32.5 Å². The van der Waals surface area contributed by atoms with E-state index in [9.17, 15) is 29.7 Å². The summed E-state index contributed by atoms with van der Waals surface area (Å²) in [6, 6.07) is 1.69. The van der Waals surface area contributed by atoms with Crippen LogP contribution < -0.4 is 0 Å². The van der Waals surface area contributed by atoms with Gasteiger partial charge in [0.2, 0.25) is 5.79 Å². The normalized spacial score (nSPS) is 36.6. The molecule has 17 heteroatoms. The number of ketones is 2. The average Bonchev–Trinajstić information content (AvgIpc) is 3.37. The molecular weight excluding hydrogens is 979 g/mol. The van der Waals surface area contributed by atoms with Gasteiger partial charge in [0.05, 0.1) is 43.2 Å². The fourth-order valence-electron chi connectivity index (χ4n) is 12.2. The molecule has 0 aromatic rings. The Morgan fingerprint density at radius 3 is 2.04 bits per heavy atom. The van der Waals surface area contributed by atoms with Crippen molar-refractivity contribution in [1.29, 1.82) is 0 Å². The van der Waals surface area contributed by atoms with Crippen LogP contribution in [0, 0.1) is 29.1 Å². The van der Waals surface area contributed by atoms with E-state index in [0.717, 1.165) is 23.7 Å². The lowest BCUT2D eigenvalue weighted by Crippen LogP contribution is -2.64. The smallest absolute Gasteiger partial charge is 0.329 e. The summed E-state index contributed by atoms with van der Waals surface area (Å²) in [4.78, 5) is 60.7. The molecule has 0 aromatic heterocycles. The van der Waals surface area contributed by atoms with Crippen molar-refractivity contribution in [3.63, 3.8) is 0 Å². The monoisotopic (exact) mass is 1080 g/mol. The fraction of sp³-hybridized carbons (Fsp3) is 0.860. The number of aliphatic hydroxyl groups excluding tert-OH is 2. The van der Waals surface area contributed by atoms with Crippen molar-refractivity contribution in [3.8, 4) is 0 Å². The van der Waals surface area contributed by atoms with E-state index >= 15 is 4.79 Å². The Bertz CT molecular complexity index is 1930. The Balaban J connectivity index is 1.96. The molecule has 3 aliphatic heterocycles. The zero-order valence-corrected chi connectivity index (χ0v) is 50.8. The van der Waals surface area contributed by atoms with Crippen molar-refractivity contribution in [3.05, 3.63) is 23.3 Å². The molecule has 3 N–H and O–H groups in total. The van der Waals surface area contributed by atoms with Crippen LogP contribution in [0.1, 0.15) is 154 Å². The molecular formula is C57H101NO14Si2. The summed E-state index contributed by atoms with van der Waals surface area (Å²) in [7, 11) is 0.0357. The fourth-order valence-corrected chi connectivity index (χ4v) is 16.5. The number of rotatable bonds is 15. The highest BCUT2D eigenvalue weighted by Crippen LogP contribution is 2.47. The summed E-state index contributed by atoms with van der Waals surface area (Å²) in [5, 5.41) is 34.8. The molecule has 0 radical (unpaired) electrons. The second kappa shape index (κ2) is 27.1. The van der Waals surface area contributed by atoms with E-state index < -0.39 is 119 Å². The number of methoxy groups -OCH3 is 3. The van der Waals surface area contributed by atoms with Crippen LogP contribution in [0.3, 0.4) is 0 Å². The topological polar surface area (TPSA) is 197 Å². The Kier molecular flexibility index (Phi) is 23.6. The summed E-state index contributed by atoms with van der Waals surface area (Å²) in [5.74, 6) is -7.45. The zero-order chi connectivity index (χ0) is 55.7. The summed E-state index contributed by atoms with van der Waals surface area (Å²) < 4.78 is 45.6. The maximum Gasteiger partial charge on any atom is 0.329 e. The third kappa shape index (κ3) is 14.7. The highest BCUT2D eigenvalue weighted by atomic mass is 28.4. The lowest BCUT2D eigenvalue weighted by Gasteiger charge is -2.48. The predicted molar refractivity (Wildman–Crippen MR) is 292 cm³/mol. The van der Waals surface area contributed by atoms with E-state index in [1.54, 1.807) is 28.3 Å². The van der Waals surface area contributed by atoms with Gasteiger partial charge in [-0.1, -0.05) is 87.0 Å². The van der Waals surface area contributed by atoms with E-state index in [1.165, 1.54) is 4.90 Å². The maximum atomic E-state index is 15.2. The SMILES string of the molecule is CCC1/C=C(\C)CC(C)CC(OC)C2OC(O)(C(=O)C(=O)N3CCCCC3C(=O)OC(C(C)=CC3(C(O)CO)CC[C@@H](O[Si](CC)(CC)CC)C(OC)C3)C(C)C(O[Si](C)(C)C(C)(C)C)CC1=O)C(C)CC2OC. The highest BCUT2D eigenvalue weighted by Gasteiger charge is 2.57. The van der Waals surface area contributed by atoms with Gasteiger partial charge >= 0.3 is 5.97 Å². The van der Waals surface area contributed by atoms with Gasteiger partial charge in [0.1, 0.15) is 24.0 Å². The third-order valence-corrected chi connectivity index (χ3v) is 27.6. The lowest BCUT2D eigenvalue weighted by atomic mass is 9.67. The number of fused-ring (bicyclic) bond motifs is 3. The number of ether oxygens (including phenoxy) is 5. The first kappa shape index (κ1) is 64.4. The van der Waals surface area contributed by atoms with Gasteiger partial charge in [-0.3, -0.25) is 14.4 Å². The number of Topliss-reactive ketones (excluding diaryl/α,β-unsaturated/α-hetero) is 2. The summed E-state index contributed by atoms with van der Waals surface area (Å²) in [6.07, 6.45) is 2.73. The molecule has 3 heterocycles. The van der Waals surface area contributed by atoms with Crippen molar-refractivity contribution < 1.29 is 67.0 Å². The van der Waals surface area contributed by atoms with Crippen LogP contribution in [-0.2, 0) is 51.7 Å². The molecule has 3 fully saturated rings. The van der Waals surface area contributed by atoms with Crippen molar-refractivity contribution in [1.82, 2.24) is 4.90 Å². The number of nitrogens with zero attached hydrogens (tertiary/aromatic N) is 1. The lowest BCUT2D eigenvalue weighted by molar-refractivity contribution is -0.302. The molecule has 2 saturated heterocycles. The van der Waals surface area contributed by atoms with Gasteiger partial charge < -0.3 is 52.8 Å². The molecule has 2 bridgehead atoms. The van der Waals surface area contributed by atoms with Crippen LogP contribution in [0.15, 0.2) is 23.3 Å². The van der Waals surface area contributed by atoms with Crippen LogP contribution in [0.4, 0.5) is 0 Å². The first-order valence-electron chi connectivity index (χ1n) is 28.2. The zero-order valence-electron chi connectivity index (χ0n) is 48.8. The maximum absolute atomic E-state index is 15.2. The van der Waals surface area contributed by atoms with Crippen LogP contribution in [0.2, 0.25) is 36.3 Å². The number of carbonyl (C=O) groups excluding carboxylic acids is 4. The quantitative estimate of drug-likeness (QED) is 0.0607. The Morgan fingerprint density at radius 2 is 1.49 bits per heavy atom. The minimum Gasteiger partial charge on any atom is -0.456 e. The molecule has 1 amide bonds. The number of hydrogen-bond acceptors (Lipinski definition) is 14. The van der Waals surface area contributed by atoms with E-state index in [0.29, 0.717) is 56.9 Å². The largest absolute Gasteiger partial charge is 0.456 e. The van der Waals surface area contributed by atoms with Crippen LogP contribution in [0.5, 0.6) is 0 Å². The van der Waals surface area contributed by atoms with Gasteiger partial charge in [-0.25, -0.2) is 4.79 Å². The molecule has 1 aliphatic carbocycles. The average molecular weight is 1080 g/mol. The van der Waals surface area contributed by atoms with Gasteiger partial charge in [-0.15, -0.1) is 0 Å². The molecule has 0 aromatic carbocycles. The summed E-state index contributed by atoms with van der Waals surface area (Å²) in [6.45, 7) is 28.3. The minimum absolute atomic E-state index is 0.00348. The summed E-state index contributed by atoms with van der Waals surface area (Å²) >= 11 is 0. The van der Waals surface area contributed by atoms with Crippen molar-refractivity contribution in [2.24, 2.45) is 29.1 Å². The molecule has 4 aliphatic rings. The van der Waals surface area contributed by atoms with Crippen LogP contribution >= 0.6 is 0 Å². The molecule has 14 unspecified atom stereocenters. The number of aliphatic hydroxyl groups is 3.